The van der Waals surface area contributed by atoms with Gasteiger partial charge in [-0.1, -0.05) is 0 Å². The molecule has 1 fully saturated rings. The van der Waals surface area contributed by atoms with Crippen molar-refractivity contribution in [2.45, 2.75) is 19.0 Å². The lowest BCUT2D eigenvalue weighted by Gasteiger charge is -2.28. The van der Waals surface area contributed by atoms with Crippen LogP contribution >= 0.6 is 11.3 Å². The zero-order valence-corrected chi connectivity index (χ0v) is 15.0. The number of likely N-dealkylation sites (tertiary alicyclic amines) is 1. The molecule has 0 spiro atoms. The minimum atomic E-state index is -0.920. The van der Waals surface area contributed by atoms with E-state index < -0.39 is 17.8 Å². The number of carbonyl (C=O) groups is 1. The molecule has 27 heavy (non-hydrogen) atoms. The first-order chi connectivity index (χ1) is 13.0. The first-order valence-corrected chi connectivity index (χ1v) is 9.37. The topological polar surface area (TPSA) is 45.2 Å². The van der Waals surface area contributed by atoms with Crippen LogP contribution in [0.4, 0.5) is 23.7 Å². The molecule has 0 radical (unpaired) electrons. The summed E-state index contributed by atoms with van der Waals surface area (Å²) in [4.78, 5) is 18.4. The van der Waals surface area contributed by atoms with Gasteiger partial charge in [-0.3, -0.25) is 0 Å². The summed E-state index contributed by atoms with van der Waals surface area (Å²) in [7, 11) is 0. The summed E-state index contributed by atoms with van der Waals surface area (Å²) in [5, 5.41) is 3.37. The second kappa shape index (κ2) is 7.19. The number of nitrogens with zero attached hydrogens (tertiary/aromatic N) is 2. The highest BCUT2D eigenvalue weighted by atomic mass is 32.1. The molecule has 2 heterocycles. The first kappa shape index (κ1) is 17.8. The number of carbonyl (C=O) groups excluding carboxylic acids is 1. The van der Waals surface area contributed by atoms with Gasteiger partial charge in [0.1, 0.15) is 11.2 Å². The van der Waals surface area contributed by atoms with E-state index in [4.69, 9.17) is 0 Å². The van der Waals surface area contributed by atoms with Gasteiger partial charge in [0.2, 0.25) is 0 Å². The molecular weight excluding hydrogens is 375 g/mol. The molecule has 3 aromatic rings. The Bertz CT molecular complexity index is 999. The van der Waals surface area contributed by atoms with Gasteiger partial charge in [-0.05, 0) is 49.2 Å². The number of nitrogens with one attached hydrogen (secondary N) is 1. The SMILES string of the molecule is O=C(Nc1ccc2sc(-c3ccc(F)c(F)c3)nc2c1)N1CCC(F)CC1. The van der Waals surface area contributed by atoms with Crippen molar-refractivity contribution in [3.63, 3.8) is 0 Å². The number of thiazole rings is 1. The molecule has 140 valence electrons. The minimum absolute atomic E-state index is 0.266. The molecule has 2 amide bonds. The summed E-state index contributed by atoms with van der Waals surface area (Å²) in [6.07, 6.45) is -0.123. The maximum Gasteiger partial charge on any atom is 0.321 e. The Balaban J connectivity index is 1.54. The maximum atomic E-state index is 13.5. The highest BCUT2D eigenvalue weighted by molar-refractivity contribution is 7.21. The number of fused-ring (bicyclic) bond motifs is 1. The van der Waals surface area contributed by atoms with E-state index >= 15 is 0 Å². The van der Waals surface area contributed by atoms with Crippen LogP contribution < -0.4 is 5.32 Å². The highest BCUT2D eigenvalue weighted by Gasteiger charge is 2.22. The maximum absolute atomic E-state index is 13.5. The summed E-state index contributed by atoms with van der Waals surface area (Å²) in [5.74, 6) is -1.82. The fourth-order valence-corrected chi connectivity index (χ4v) is 3.95. The van der Waals surface area contributed by atoms with Crippen molar-refractivity contribution in [3.8, 4) is 10.6 Å². The minimum Gasteiger partial charge on any atom is -0.324 e. The first-order valence-electron chi connectivity index (χ1n) is 8.55. The lowest BCUT2D eigenvalue weighted by molar-refractivity contribution is 0.162. The summed E-state index contributed by atoms with van der Waals surface area (Å²) in [5.41, 5.74) is 1.73. The fraction of sp³-hybridized carbons (Fsp3) is 0.263. The highest BCUT2D eigenvalue weighted by Crippen LogP contribution is 2.32. The molecule has 2 aromatic carbocycles. The largest absolute Gasteiger partial charge is 0.324 e. The average Bonchev–Trinajstić information content (AvgIpc) is 3.08. The van der Waals surface area contributed by atoms with Crippen LogP contribution in [0, 0.1) is 11.6 Å². The zero-order valence-electron chi connectivity index (χ0n) is 14.2. The van der Waals surface area contributed by atoms with E-state index in [-0.39, 0.29) is 6.03 Å². The molecule has 0 saturated carbocycles. The van der Waals surface area contributed by atoms with Gasteiger partial charge in [-0.15, -0.1) is 11.3 Å². The smallest absolute Gasteiger partial charge is 0.321 e. The van der Waals surface area contributed by atoms with Gasteiger partial charge in [0.05, 0.1) is 10.2 Å². The number of hydrogen-bond donors (Lipinski definition) is 1. The van der Waals surface area contributed by atoms with Crippen molar-refractivity contribution in [2.24, 2.45) is 0 Å². The third-order valence-corrected chi connectivity index (χ3v) is 5.60. The monoisotopic (exact) mass is 391 g/mol. The molecule has 1 aliphatic rings. The van der Waals surface area contributed by atoms with Crippen molar-refractivity contribution in [1.29, 1.82) is 0 Å². The molecule has 0 atom stereocenters. The second-order valence-electron chi connectivity index (χ2n) is 6.42. The number of alkyl halides is 1. The Morgan fingerprint density at radius 2 is 1.89 bits per heavy atom. The van der Waals surface area contributed by atoms with E-state index in [1.54, 1.807) is 17.0 Å². The number of hydrogen-bond acceptors (Lipinski definition) is 3. The second-order valence-corrected chi connectivity index (χ2v) is 7.45. The molecule has 4 rings (SSSR count). The van der Waals surface area contributed by atoms with Gasteiger partial charge in [0.25, 0.3) is 0 Å². The van der Waals surface area contributed by atoms with Gasteiger partial charge in [-0.2, -0.15) is 0 Å². The summed E-state index contributed by atoms with van der Waals surface area (Å²) in [6.45, 7) is 0.790. The number of aromatic nitrogens is 1. The Kier molecular flexibility index (Phi) is 4.73. The Morgan fingerprint density at radius 3 is 2.63 bits per heavy atom. The van der Waals surface area contributed by atoms with Crippen molar-refractivity contribution in [2.75, 3.05) is 18.4 Å². The molecule has 8 heteroatoms. The normalized spacial score (nSPS) is 15.3. The Morgan fingerprint density at radius 1 is 1.11 bits per heavy atom. The Labute approximate surface area is 157 Å². The molecule has 0 unspecified atom stereocenters. The van der Waals surface area contributed by atoms with Crippen molar-refractivity contribution < 1.29 is 18.0 Å². The lowest BCUT2D eigenvalue weighted by atomic mass is 10.1. The van der Waals surface area contributed by atoms with Gasteiger partial charge in [0.15, 0.2) is 11.6 Å². The average molecular weight is 391 g/mol. The van der Waals surface area contributed by atoms with Crippen molar-refractivity contribution in [1.82, 2.24) is 9.88 Å². The molecule has 0 aliphatic carbocycles. The Hall–Kier alpha value is -2.61. The molecule has 4 nitrogen and oxygen atoms in total. The lowest BCUT2D eigenvalue weighted by Crippen LogP contribution is -2.41. The van der Waals surface area contributed by atoms with Gasteiger partial charge in [-0.25, -0.2) is 22.9 Å². The van der Waals surface area contributed by atoms with Crippen LogP contribution in [0.1, 0.15) is 12.8 Å². The third-order valence-electron chi connectivity index (χ3n) is 4.52. The number of benzene rings is 2. The fourth-order valence-electron chi connectivity index (χ4n) is 3.01. The number of piperidine rings is 1. The van der Waals surface area contributed by atoms with E-state index in [1.165, 1.54) is 17.4 Å². The van der Waals surface area contributed by atoms with E-state index in [0.29, 0.717) is 47.7 Å². The zero-order chi connectivity index (χ0) is 19.0. The van der Waals surface area contributed by atoms with E-state index in [0.717, 1.165) is 16.8 Å². The van der Waals surface area contributed by atoms with Crippen LogP contribution in [0.2, 0.25) is 0 Å². The van der Waals surface area contributed by atoms with Gasteiger partial charge < -0.3 is 10.2 Å². The van der Waals surface area contributed by atoms with Crippen molar-refractivity contribution in [3.05, 3.63) is 48.0 Å². The number of urea groups is 1. The van der Waals surface area contributed by atoms with Crippen LogP contribution in [-0.4, -0.2) is 35.2 Å². The molecule has 1 N–H and O–H groups in total. The van der Waals surface area contributed by atoms with Crippen molar-refractivity contribution >= 4 is 33.3 Å². The number of anilines is 1. The van der Waals surface area contributed by atoms with E-state index in [9.17, 15) is 18.0 Å². The molecule has 0 bridgehead atoms. The van der Waals surface area contributed by atoms with Crippen LogP contribution in [-0.2, 0) is 0 Å². The van der Waals surface area contributed by atoms with Crippen LogP contribution in [0.15, 0.2) is 36.4 Å². The standard InChI is InChI=1S/C19H16F3N3OS/c20-12-5-7-25(8-6-12)19(26)23-13-2-4-17-16(10-13)24-18(27-17)11-1-3-14(21)15(22)9-11/h1-4,9-10,12H,5-8H2,(H,23,26). The van der Waals surface area contributed by atoms with E-state index in [2.05, 4.69) is 10.3 Å². The molecular formula is C19H16F3N3OS. The van der Waals surface area contributed by atoms with Crippen LogP contribution in [0.5, 0.6) is 0 Å². The van der Waals surface area contributed by atoms with Crippen LogP contribution in [0.25, 0.3) is 20.8 Å². The number of amides is 2. The predicted octanol–water partition coefficient (Wildman–Crippen LogP) is 5.21. The number of rotatable bonds is 2. The summed E-state index contributed by atoms with van der Waals surface area (Å²) in [6, 6.07) is 8.71. The molecule has 1 aromatic heterocycles. The number of halogens is 3. The predicted molar refractivity (Wildman–Crippen MR) is 99.7 cm³/mol. The van der Waals surface area contributed by atoms with Gasteiger partial charge in [0, 0.05) is 24.3 Å². The van der Waals surface area contributed by atoms with Gasteiger partial charge >= 0.3 is 6.03 Å². The summed E-state index contributed by atoms with van der Waals surface area (Å²) < 4.78 is 40.6. The molecule has 1 aliphatic heterocycles. The molecule has 1 saturated heterocycles. The van der Waals surface area contributed by atoms with E-state index in [1.807, 2.05) is 6.07 Å². The summed E-state index contributed by atoms with van der Waals surface area (Å²) >= 11 is 1.36. The quantitative estimate of drug-likeness (QED) is 0.652. The third kappa shape index (κ3) is 3.75. The van der Waals surface area contributed by atoms with Crippen LogP contribution in [0.3, 0.4) is 0 Å².